The molecule has 1 aromatic rings. The summed E-state index contributed by atoms with van der Waals surface area (Å²) in [4.78, 5) is 4.38. The minimum absolute atomic E-state index is 0.165. The Morgan fingerprint density at radius 1 is 1.53 bits per heavy atom. The zero-order chi connectivity index (χ0) is 12.7. The van der Waals surface area contributed by atoms with Gasteiger partial charge < -0.3 is 15.0 Å². The molecule has 0 aromatic carbocycles. The Labute approximate surface area is 104 Å². The third-order valence-corrected chi connectivity index (χ3v) is 2.87. The lowest BCUT2D eigenvalue weighted by atomic mass is 10.0. The molecule has 0 aliphatic heterocycles. The lowest BCUT2D eigenvalue weighted by Gasteiger charge is -2.17. The molecule has 2 atom stereocenters. The van der Waals surface area contributed by atoms with Gasteiger partial charge in [-0.05, 0) is 18.8 Å². The van der Waals surface area contributed by atoms with Crippen LogP contribution < -0.4 is 5.73 Å². The molecule has 2 unspecified atom stereocenters. The van der Waals surface area contributed by atoms with Crippen LogP contribution in [0.15, 0.2) is 12.4 Å². The van der Waals surface area contributed by atoms with Gasteiger partial charge in [-0.3, -0.25) is 0 Å². The zero-order valence-electron chi connectivity index (χ0n) is 11.2. The first-order chi connectivity index (χ1) is 8.17. The number of rotatable bonds is 8. The van der Waals surface area contributed by atoms with Crippen molar-refractivity contribution in [2.75, 3.05) is 13.7 Å². The van der Waals surface area contributed by atoms with Gasteiger partial charge in [0.2, 0.25) is 0 Å². The van der Waals surface area contributed by atoms with Crippen molar-refractivity contribution in [2.24, 2.45) is 11.7 Å². The summed E-state index contributed by atoms with van der Waals surface area (Å²) in [7, 11) is 1.73. The molecule has 0 aliphatic rings. The number of methoxy groups -OCH3 is 1. The highest BCUT2D eigenvalue weighted by atomic mass is 16.5. The average Bonchev–Trinajstić information content (AvgIpc) is 2.66. The molecule has 0 saturated heterocycles. The second kappa shape index (κ2) is 7.45. The Bertz CT molecular complexity index is 311. The maximum Gasteiger partial charge on any atom is 0.110 e. The standard InChI is InChI=1S/C13H25N3O/c1-4-6-16-7-5-15-13(16)9-12(14)8-11(2)10-17-3/h5,7,11-12H,4,6,8-10,14H2,1-3H3. The first-order valence-electron chi connectivity index (χ1n) is 6.41. The molecule has 17 heavy (non-hydrogen) atoms. The van der Waals surface area contributed by atoms with E-state index >= 15 is 0 Å². The summed E-state index contributed by atoms with van der Waals surface area (Å²) in [6, 6.07) is 0.165. The summed E-state index contributed by atoms with van der Waals surface area (Å²) in [6.07, 6.45) is 6.84. The lowest BCUT2D eigenvalue weighted by Crippen LogP contribution is -2.28. The van der Waals surface area contributed by atoms with Gasteiger partial charge in [-0.15, -0.1) is 0 Å². The predicted molar refractivity (Wildman–Crippen MR) is 69.9 cm³/mol. The summed E-state index contributed by atoms with van der Waals surface area (Å²) in [5.41, 5.74) is 6.15. The Balaban J connectivity index is 2.44. The largest absolute Gasteiger partial charge is 0.384 e. The van der Waals surface area contributed by atoms with Crippen LogP contribution in [0.25, 0.3) is 0 Å². The Morgan fingerprint density at radius 3 is 2.94 bits per heavy atom. The molecule has 1 aromatic heterocycles. The fourth-order valence-electron chi connectivity index (χ4n) is 2.16. The third kappa shape index (κ3) is 4.88. The van der Waals surface area contributed by atoms with Crippen molar-refractivity contribution in [3.63, 3.8) is 0 Å². The SMILES string of the molecule is CCCn1ccnc1CC(N)CC(C)COC. The van der Waals surface area contributed by atoms with E-state index in [-0.39, 0.29) is 6.04 Å². The van der Waals surface area contributed by atoms with E-state index in [9.17, 15) is 0 Å². The number of hydrogen-bond donors (Lipinski definition) is 1. The van der Waals surface area contributed by atoms with E-state index in [2.05, 4.69) is 23.4 Å². The van der Waals surface area contributed by atoms with Crippen LogP contribution in [0.3, 0.4) is 0 Å². The topological polar surface area (TPSA) is 53.1 Å². The monoisotopic (exact) mass is 239 g/mol. The van der Waals surface area contributed by atoms with E-state index in [0.717, 1.165) is 38.2 Å². The molecule has 4 heteroatoms. The van der Waals surface area contributed by atoms with E-state index in [4.69, 9.17) is 10.5 Å². The van der Waals surface area contributed by atoms with Crippen LogP contribution >= 0.6 is 0 Å². The molecule has 1 heterocycles. The Hall–Kier alpha value is -0.870. The molecule has 0 radical (unpaired) electrons. The zero-order valence-corrected chi connectivity index (χ0v) is 11.2. The first-order valence-corrected chi connectivity index (χ1v) is 6.41. The molecule has 0 amide bonds. The van der Waals surface area contributed by atoms with Gasteiger partial charge in [-0.1, -0.05) is 13.8 Å². The van der Waals surface area contributed by atoms with Gasteiger partial charge in [0.15, 0.2) is 0 Å². The summed E-state index contributed by atoms with van der Waals surface area (Å²) >= 11 is 0. The second-order valence-electron chi connectivity index (χ2n) is 4.80. The number of nitrogens with two attached hydrogens (primary N) is 1. The summed E-state index contributed by atoms with van der Waals surface area (Å²) in [5.74, 6) is 1.61. The van der Waals surface area contributed by atoms with Crippen molar-refractivity contribution in [1.82, 2.24) is 9.55 Å². The third-order valence-electron chi connectivity index (χ3n) is 2.87. The summed E-state index contributed by atoms with van der Waals surface area (Å²) in [6.45, 7) is 6.14. The van der Waals surface area contributed by atoms with E-state index in [0.29, 0.717) is 5.92 Å². The number of aromatic nitrogens is 2. The van der Waals surface area contributed by atoms with E-state index < -0.39 is 0 Å². The fraction of sp³-hybridized carbons (Fsp3) is 0.769. The minimum atomic E-state index is 0.165. The molecule has 0 fully saturated rings. The van der Waals surface area contributed by atoms with Gasteiger partial charge >= 0.3 is 0 Å². The summed E-state index contributed by atoms with van der Waals surface area (Å²) < 4.78 is 7.32. The molecule has 98 valence electrons. The quantitative estimate of drug-likeness (QED) is 0.753. The molecule has 2 N–H and O–H groups in total. The van der Waals surface area contributed by atoms with Gasteiger partial charge in [0, 0.05) is 45.1 Å². The Kier molecular flexibility index (Phi) is 6.22. The fourth-order valence-corrected chi connectivity index (χ4v) is 2.16. The molecular formula is C13H25N3O. The van der Waals surface area contributed by atoms with Crippen molar-refractivity contribution in [2.45, 2.75) is 45.7 Å². The second-order valence-corrected chi connectivity index (χ2v) is 4.80. The number of imidazole rings is 1. The molecular weight excluding hydrogens is 214 g/mol. The maximum absolute atomic E-state index is 6.15. The van der Waals surface area contributed by atoms with Crippen LogP contribution in [0.5, 0.6) is 0 Å². The van der Waals surface area contributed by atoms with Crippen molar-refractivity contribution in [1.29, 1.82) is 0 Å². The molecule has 0 aliphatic carbocycles. The number of nitrogens with zero attached hydrogens (tertiary/aromatic N) is 2. The van der Waals surface area contributed by atoms with E-state index in [1.807, 2.05) is 12.4 Å². The van der Waals surface area contributed by atoms with Crippen molar-refractivity contribution >= 4 is 0 Å². The lowest BCUT2D eigenvalue weighted by molar-refractivity contribution is 0.152. The number of hydrogen-bond acceptors (Lipinski definition) is 3. The van der Waals surface area contributed by atoms with Crippen LogP contribution in [0.1, 0.15) is 32.5 Å². The van der Waals surface area contributed by atoms with Gasteiger partial charge in [0.05, 0.1) is 0 Å². The summed E-state index contributed by atoms with van der Waals surface area (Å²) in [5, 5.41) is 0. The van der Waals surface area contributed by atoms with Crippen LogP contribution in [0.4, 0.5) is 0 Å². The normalized spacial score (nSPS) is 14.8. The highest BCUT2D eigenvalue weighted by Crippen LogP contribution is 2.10. The van der Waals surface area contributed by atoms with Crippen molar-refractivity contribution in [3.05, 3.63) is 18.2 Å². The van der Waals surface area contributed by atoms with Gasteiger partial charge in [-0.2, -0.15) is 0 Å². The van der Waals surface area contributed by atoms with Crippen LogP contribution in [0.2, 0.25) is 0 Å². The van der Waals surface area contributed by atoms with E-state index in [1.54, 1.807) is 7.11 Å². The Morgan fingerprint density at radius 2 is 2.29 bits per heavy atom. The maximum atomic E-state index is 6.15. The number of aryl methyl sites for hydroxylation is 1. The van der Waals surface area contributed by atoms with Gasteiger partial charge in [0.25, 0.3) is 0 Å². The van der Waals surface area contributed by atoms with Gasteiger partial charge in [0.1, 0.15) is 5.82 Å². The molecule has 0 spiro atoms. The van der Waals surface area contributed by atoms with Crippen LogP contribution in [-0.2, 0) is 17.7 Å². The smallest absolute Gasteiger partial charge is 0.110 e. The molecule has 4 nitrogen and oxygen atoms in total. The molecule has 0 saturated carbocycles. The van der Waals surface area contributed by atoms with Crippen LogP contribution in [-0.4, -0.2) is 29.3 Å². The molecule has 1 rings (SSSR count). The molecule has 0 bridgehead atoms. The highest BCUT2D eigenvalue weighted by molar-refractivity contribution is 4.95. The predicted octanol–water partition coefficient (Wildman–Crippen LogP) is 1.84. The number of ether oxygens (including phenoxy) is 1. The van der Waals surface area contributed by atoms with Crippen LogP contribution in [0, 0.1) is 5.92 Å². The van der Waals surface area contributed by atoms with Crippen molar-refractivity contribution in [3.8, 4) is 0 Å². The van der Waals surface area contributed by atoms with Crippen molar-refractivity contribution < 1.29 is 4.74 Å². The highest BCUT2D eigenvalue weighted by Gasteiger charge is 2.12. The van der Waals surface area contributed by atoms with Gasteiger partial charge in [-0.25, -0.2) is 4.98 Å². The minimum Gasteiger partial charge on any atom is -0.384 e. The first kappa shape index (κ1) is 14.2. The van der Waals surface area contributed by atoms with E-state index in [1.165, 1.54) is 0 Å². The average molecular weight is 239 g/mol.